The maximum absolute atomic E-state index is 13.9. The number of benzene rings is 3. The van der Waals surface area contributed by atoms with Gasteiger partial charge in [-0.15, -0.1) is 0 Å². The van der Waals surface area contributed by atoms with Crippen LogP contribution in [0.4, 0.5) is 0 Å². The summed E-state index contributed by atoms with van der Waals surface area (Å²) >= 11 is 0. The van der Waals surface area contributed by atoms with Crippen molar-refractivity contribution in [2.75, 3.05) is 47.1 Å². The van der Waals surface area contributed by atoms with E-state index in [9.17, 15) is 4.79 Å². The number of hydrogen-bond acceptors (Lipinski definition) is 5. The summed E-state index contributed by atoms with van der Waals surface area (Å²) in [5.41, 5.74) is 3.30. The van der Waals surface area contributed by atoms with Gasteiger partial charge in [-0.3, -0.25) is 9.69 Å². The van der Waals surface area contributed by atoms with Crippen LogP contribution >= 0.6 is 0 Å². The summed E-state index contributed by atoms with van der Waals surface area (Å²) in [5, 5.41) is 0. The number of amides is 1. The average Bonchev–Trinajstić information content (AvgIpc) is 3.34. The number of likely N-dealkylation sites (tertiary alicyclic amines) is 1. The maximum Gasteiger partial charge on any atom is 0.254 e. The van der Waals surface area contributed by atoms with Crippen LogP contribution in [0.15, 0.2) is 78.9 Å². The highest BCUT2D eigenvalue weighted by Gasteiger charge is 2.35. The van der Waals surface area contributed by atoms with E-state index in [2.05, 4.69) is 79.4 Å². The van der Waals surface area contributed by atoms with Crippen molar-refractivity contribution in [1.82, 2.24) is 9.80 Å². The van der Waals surface area contributed by atoms with Gasteiger partial charge in [-0.2, -0.15) is 0 Å². The van der Waals surface area contributed by atoms with Crippen LogP contribution in [0.2, 0.25) is 0 Å². The van der Waals surface area contributed by atoms with Gasteiger partial charge in [0.1, 0.15) is 0 Å². The quantitative estimate of drug-likeness (QED) is 0.235. The third-order valence-electron chi connectivity index (χ3n) is 7.72. The van der Waals surface area contributed by atoms with Crippen molar-refractivity contribution >= 4 is 5.91 Å². The molecule has 0 saturated carbocycles. The van der Waals surface area contributed by atoms with Crippen LogP contribution in [0.5, 0.6) is 11.5 Å². The second kappa shape index (κ2) is 14.9. The van der Waals surface area contributed by atoms with E-state index in [1.165, 1.54) is 11.1 Å². The topological polar surface area (TPSA) is 51.2 Å². The van der Waals surface area contributed by atoms with Crippen molar-refractivity contribution in [3.8, 4) is 11.5 Å². The Morgan fingerprint density at radius 2 is 1.55 bits per heavy atom. The number of nitrogens with zero attached hydrogens (tertiary/aromatic N) is 2. The number of hydrogen-bond donors (Lipinski definition) is 0. The molecule has 2 atom stereocenters. The first-order valence-corrected chi connectivity index (χ1v) is 14.4. The molecule has 6 nitrogen and oxygen atoms in total. The fourth-order valence-corrected chi connectivity index (χ4v) is 5.62. The van der Waals surface area contributed by atoms with E-state index in [1.807, 2.05) is 23.1 Å². The molecular weight excluding hydrogens is 500 g/mol. The van der Waals surface area contributed by atoms with Crippen molar-refractivity contribution in [2.24, 2.45) is 11.8 Å². The van der Waals surface area contributed by atoms with Gasteiger partial charge in [0, 0.05) is 57.9 Å². The molecular formula is C34H44N2O4. The van der Waals surface area contributed by atoms with E-state index in [0.29, 0.717) is 42.1 Å². The molecule has 6 heteroatoms. The van der Waals surface area contributed by atoms with Gasteiger partial charge in [-0.1, -0.05) is 60.7 Å². The summed E-state index contributed by atoms with van der Waals surface area (Å²) in [4.78, 5) is 18.5. The minimum atomic E-state index is 0.0272. The summed E-state index contributed by atoms with van der Waals surface area (Å²) < 4.78 is 16.6. The monoisotopic (exact) mass is 544 g/mol. The molecule has 1 heterocycles. The minimum Gasteiger partial charge on any atom is -0.493 e. The summed E-state index contributed by atoms with van der Waals surface area (Å²) in [5.74, 6) is 2.08. The molecule has 1 aliphatic rings. The third-order valence-corrected chi connectivity index (χ3v) is 7.72. The summed E-state index contributed by atoms with van der Waals surface area (Å²) in [6.45, 7) is 8.97. The highest BCUT2D eigenvalue weighted by Crippen LogP contribution is 2.32. The first kappa shape index (κ1) is 29.6. The maximum atomic E-state index is 13.9. The van der Waals surface area contributed by atoms with Crippen molar-refractivity contribution in [2.45, 2.75) is 39.3 Å². The van der Waals surface area contributed by atoms with Gasteiger partial charge in [0.15, 0.2) is 11.5 Å². The Hall–Kier alpha value is -3.35. The van der Waals surface area contributed by atoms with Crippen molar-refractivity contribution < 1.29 is 19.0 Å². The van der Waals surface area contributed by atoms with Crippen LogP contribution in [-0.4, -0.2) is 68.8 Å². The van der Waals surface area contributed by atoms with Gasteiger partial charge in [-0.05, 0) is 61.4 Å². The van der Waals surface area contributed by atoms with Gasteiger partial charge in [0.2, 0.25) is 0 Å². The third kappa shape index (κ3) is 8.09. The molecule has 0 aliphatic carbocycles. The molecule has 0 aromatic heterocycles. The van der Waals surface area contributed by atoms with E-state index < -0.39 is 0 Å². The van der Waals surface area contributed by atoms with Crippen LogP contribution in [0.1, 0.15) is 41.8 Å². The molecule has 3 aromatic carbocycles. The Morgan fingerprint density at radius 3 is 2.20 bits per heavy atom. The molecule has 1 fully saturated rings. The zero-order valence-electron chi connectivity index (χ0n) is 24.4. The molecule has 214 valence electrons. The lowest BCUT2D eigenvalue weighted by Crippen LogP contribution is -2.42. The van der Waals surface area contributed by atoms with E-state index >= 15 is 0 Å². The van der Waals surface area contributed by atoms with Crippen LogP contribution in [0, 0.1) is 11.8 Å². The average molecular weight is 545 g/mol. The Bertz CT molecular complexity index is 1190. The first-order valence-electron chi connectivity index (χ1n) is 14.4. The van der Waals surface area contributed by atoms with Crippen LogP contribution in [0.25, 0.3) is 0 Å². The molecule has 0 bridgehead atoms. The van der Waals surface area contributed by atoms with Crippen LogP contribution in [0.3, 0.4) is 0 Å². The van der Waals surface area contributed by atoms with E-state index in [4.69, 9.17) is 14.2 Å². The second-order valence-electron chi connectivity index (χ2n) is 11.0. The molecule has 0 unspecified atom stereocenters. The second-order valence-corrected chi connectivity index (χ2v) is 11.0. The van der Waals surface area contributed by atoms with Gasteiger partial charge < -0.3 is 19.1 Å². The van der Waals surface area contributed by atoms with Crippen LogP contribution in [-0.2, 0) is 17.7 Å². The summed E-state index contributed by atoms with van der Waals surface area (Å²) in [6.07, 6.45) is 1.78. The highest BCUT2D eigenvalue weighted by atomic mass is 16.5. The SMILES string of the molecule is COCCCOc1cc(C(=O)N(C[C@H]2CN(Cc3ccccc3)C[C@H]2Cc2ccccc2)C(C)C)ccc1OC. The van der Waals surface area contributed by atoms with Crippen molar-refractivity contribution in [3.63, 3.8) is 0 Å². The van der Waals surface area contributed by atoms with Crippen molar-refractivity contribution in [1.29, 1.82) is 0 Å². The lowest BCUT2D eigenvalue weighted by atomic mass is 9.89. The zero-order chi connectivity index (χ0) is 28.3. The highest BCUT2D eigenvalue weighted by molar-refractivity contribution is 5.95. The minimum absolute atomic E-state index is 0.0272. The normalized spacial score (nSPS) is 17.2. The van der Waals surface area contributed by atoms with Gasteiger partial charge >= 0.3 is 0 Å². The largest absolute Gasteiger partial charge is 0.493 e. The van der Waals surface area contributed by atoms with Gasteiger partial charge in [0.25, 0.3) is 5.91 Å². The molecule has 0 spiro atoms. The predicted molar refractivity (Wildman–Crippen MR) is 160 cm³/mol. The van der Waals surface area contributed by atoms with E-state index in [0.717, 1.165) is 39.0 Å². The first-order chi connectivity index (χ1) is 19.5. The summed E-state index contributed by atoms with van der Waals surface area (Å²) in [6, 6.07) is 27.0. The Labute approximate surface area is 239 Å². The van der Waals surface area contributed by atoms with E-state index in [1.54, 1.807) is 14.2 Å². The molecule has 1 saturated heterocycles. The number of ether oxygens (including phenoxy) is 3. The smallest absolute Gasteiger partial charge is 0.254 e. The fourth-order valence-electron chi connectivity index (χ4n) is 5.62. The van der Waals surface area contributed by atoms with E-state index in [-0.39, 0.29) is 11.9 Å². The summed E-state index contributed by atoms with van der Waals surface area (Å²) in [7, 11) is 3.30. The zero-order valence-corrected chi connectivity index (χ0v) is 24.4. The Kier molecular flexibility index (Phi) is 11.0. The lowest BCUT2D eigenvalue weighted by Gasteiger charge is -2.32. The Morgan fingerprint density at radius 1 is 0.875 bits per heavy atom. The predicted octanol–water partition coefficient (Wildman–Crippen LogP) is 5.95. The molecule has 3 aromatic rings. The standard InChI is InChI=1S/C34H44N2O4/c1-26(2)36(34(37)29-16-17-32(39-4)33(21-29)40-19-11-18-38-3)25-31-24-35(22-28-14-9-6-10-15-28)23-30(31)20-27-12-7-5-8-13-27/h5-10,12-17,21,26,30-31H,11,18-20,22-25H2,1-4H3/t30-,31-/m1/s1. The number of carbonyl (C=O) groups is 1. The molecule has 1 amide bonds. The molecule has 0 N–H and O–H groups in total. The van der Waals surface area contributed by atoms with Gasteiger partial charge in [0.05, 0.1) is 13.7 Å². The number of methoxy groups -OCH3 is 2. The molecule has 40 heavy (non-hydrogen) atoms. The molecule has 0 radical (unpaired) electrons. The molecule has 1 aliphatic heterocycles. The Balaban J connectivity index is 1.52. The number of carbonyl (C=O) groups excluding carboxylic acids is 1. The number of rotatable bonds is 14. The van der Waals surface area contributed by atoms with Gasteiger partial charge in [-0.25, -0.2) is 0 Å². The molecule has 4 rings (SSSR count). The van der Waals surface area contributed by atoms with Crippen LogP contribution < -0.4 is 9.47 Å². The van der Waals surface area contributed by atoms with Crippen molar-refractivity contribution in [3.05, 3.63) is 95.6 Å². The lowest BCUT2D eigenvalue weighted by molar-refractivity contribution is 0.0658. The fraction of sp³-hybridized carbons (Fsp3) is 0.441.